The van der Waals surface area contributed by atoms with Crippen LogP contribution in [0, 0.1) is 19.8 Å². The van der Waals surface area contributed by atoms with Crippen molar-refractivity contribution in [1.82, 2.24) is 15.2 Å². The molecule has 0 spiro atoms. The van der Waals surface area contributed by atoms with Gasteiger partial charge in [0.1, 0.15) is 5.69 Å². The third kappa shape index (κ3) is 6.72. The molecule has 0 atom stereocenters. The number of hydrogen-bond donors (Lipinski definition) is 2. The quantitative estimate of drug-likeness (QED) is 0.411. The van der Waals surface area contributed by atoms with E-state index >= 15 is 0 Å². The molecule has 1 saturated heterocycles. The molecule has 184 valence electrons. The molecule has 1 aromatic carbocycles. The van der Waals surface area contributed by atoms with Gasteiger partial charge in [-0.25, -0.2) is 4.79 Å². The molecule has 34 heavy (non-hydrogen) atoms. The zero-order chi connectivity index (χ0) is 24.5. The van der Waals surface area contributed by atoms with Crippen LogP contribution in [0.15, 0.2) is 30.3 Å². The molecule has 0 bridgehead atoms. The summed E-state index contributed by atoms with van der Waals surface area (Å²) >= 11 is 0. The fourth-order valence-electron chi connectivity index (χ4n) is 4.65. The van der Waals surface area contributed by atoms with Crippen molar-refractivity contribution in [3.05, 3.63) is 58.4 Å². The molecular formula is C27H37N3O4. The van der Waals surface area contributed by atoms with E-state index in [1.54, 1.807) is 6.92 Å². The van der Waals surface area contributed by atoms with Gasteiger partial charge in [0.25, 0.3) is 0 Å². The van der Waals surface area contributed by atoms with Crippen molar-refractivity contribution in [2.45, 2.75) is 59.3 Å². The van der Waals surface area contributed by atoms with Crippen molar-refractivity contribution in [3.63, 3.8) is 0 Å². The number of rotatable bonds is 10. The monoisotopic (exact) mass is 467 g/mol. The number of aromatic nitrogens is 1. The van der Waals surface area contributed by atoms with E-state index < -0.39 is 0 Å². The topological polar surface area (TPSA) is 91.5 Å². The van der Waals surface area contributed by atoms with Gasteiger partial charge in [-0.05, 0) is 69.6 Å². The average Bonchev–Trinajstić information content (AvgIpc) is 3.14. The molecule has 2 heterocycles. The Morgan fingerprint density at radius 1 is 1.09 bits per heavy atom. The Labute approximate surface area is 202 Å². The van der Waals surface area contributed by atoms with E-state index in [0.29, 0.717) is 57.6 Å². The SMILES string of the molecule is CCOC(=O)c1[nH]c(C)c(CCC(=O)N2CCC(C(=O)NCCCc3ccccc3)CC2)c1C. The zero-order valence-electron chi connectivity index (χ0n) is 20.6. The third-order valence-corrected chi connectivity index (χ3v) is 6.66. The summed E-state index contributed by atoms with van der Waals surface area (Å²) in [5.41, 5.74) is 4.51. The molecule has 1 aromatic heterocycles. The summed E-state index contributed by atoms with van der Waals surface area (Å²) in [6.07, 6.45) is 4.24. The Kier molecular flexibility index (Phi) is 9.31. The Morgan fingerprint density at radius 2 is 1.79 bits per heavy atom. The van der Waals surface area contributed by atoms with Gasteiger partial charge in [0.15, 0.2) is 0 Å². The van der Waals surface area contributed by atoms with E-state index in [-0.39, 0.29) is 23.7 Å². The predicted octanol–water partition coefficient (Wildman–Crippen LogP) is 3.73. The number of piperidine rings is 1. The third-order valence-electron chi connectivity index (χ3n) is 6.66. The fourth-order valence-corrected chi connectivity index (χ4v) is 4.65. The van der Waals surface area contributed by atoms with E-state index in [9.17, 15) is 14.4 Å². The van der Waals surface area contributed by atoms with Crippen molar-refractivity contribution in [2.24, 2.45) is 5.92 Å². The van der Waals surface area contributed by atoms with Crippen molar-refractivity contribution in [2.75, 3.05) is 26.2 Å². The number of aromatic amines is 1. The molecule has 0 radical (unpaired) electrons. The second-order valence-corrected chi connectivity index (χ2v) is 8.98. The van der Waals surface area contributed by atoms with Crippen molar-refractivity contribution in [3.8, 4) is 0 Å². The first-order valence-electron chi connectivity index (χ1n) is 12.3. The standard InChI is InChI=1S/C27H37N3O4/c1-4-34-27(33)25-19(2)23(20(3)29-25)12-13-24(31)30-17-14-22(15-18-30)26(32)28-16-8-11-21-9-6-5-7-10-21/h5-7,9-10,22,29H,4,8,11-18H2,1-3H3,(H,28,32). The number of aryl methyl sites for hydroxylation is 2. The highest BCUT2D eigenvalue weighted by atomic mass is 16.5. The van der Waals surface area contributed by atoms with Crippen LogP contribution in [0.2, 0.25) is 0 Å². The van der Waals surface area contributed by atoms with Crippen molar-refractivity contribution in [1.29, 1.82) is 0 Å². The first-order chi connectivity index (χ1) is 16.4. The maximum atomic E-state index is 12.8. The number of nitrogens with one attached hydrogen (secondary N) is 2. The maximum absolute atomic E-state index is 12.8. The number of hydrogen-bond acceptors (Lipinski definition) is 4. The summed E-state index contributed by atoms with van der Waals surface area (Å²) in [6.45, 7) is 7.81. The molecule has 0 aliphatic carbocycles. The zero-order valence-corrected chi connectivity index (χ0v) is 20.6. The fraction of sp³-hybridized carbons (Fsp3) is 0.519. The highest BCUT2D eigenvalue weighted by Crippen LogP contribution is 2.22. The van der Waals surface area contributed by atoms with Crippen LogP contribution in [0.4, 0.5) is 0 Å². The second-order valence-electron chi connectivity index (χ2n) is 8.98. The number of likely N-dealkylation sites (tertiary alicyclic amines) is 1. The Bertz CT molecular complexity index is 975. The minimum Gasteiger partial charge on any atom is -0.461 e. The van der Waals surface area contributed by atoms with Gasteiger partial charge in [0.2, 0.25) is 11.8 Å². The lowest BCUT2D eigenvalue weighted by Crippen LogP contribution is -2.43. The number of amides is 2. The minimum atomic E-state index is -0.360. The Balaban J connectivity index is 1.39. The van der Waals surface area contributed by atoms with E-state index in [2.05, 4.69) is 22.4 Å². The van der Waals surface area contributed by atoms with Crippen LogP contribution < -0.4 is 5.32 Å². The molecule has 7 nitrogen and oxygen atoms in total. The maximum Gasteiger partial charge on any atom is 0.355 e. The lowest BCUT2D eigenvalue weighted by Gasteiger charge is -2.31. The molecule has 0 saturated carbocycles. The normalized spacial score (nSPS) is 14.1. The van der Waals surface area contributed by atoms with Gasteiger partial charge in [-0.3, -0.25) is 9.59 Å². The molecular weight excluding hydrogens is 430 g/mol. The lowest BCUT2D eigenvalue weighted by atomic mass is 9.95. The second kappa shape index (κ2) is 12.4. The molecule has 1 fully saturated rings. The van der Waals surface area contributed by atoms with Crippen LogP contribution in [0.3, 0.4) is 0 Å². The van der Waals surface area contributed by atoms with Crippen molar-refractivity contribution < 1.29 is 19.1 Å². The van der Waals surface area contributed by atoms with Gasteiger partial charge in [0.05, 0.1) is 6.61 Å². The molecule has 2 aromatic rings. The van der Waals surface area contributed by atoms with Crippen LogP contribution >= 0.6 is 0 Å². The molecule has 7 heteroatoms. The molecule has 3 rings (SSSR count). The van der Waals surface area contributed by atoms with Gasteiger partial charge in [-0.15, -0.1) is 0 Å². The highest BCUT2D eigenvalue weighted by molar-refractivity contribution is 5.90. The average molecular weight is 468 g/mol. The minimum absolute atomic E-state index is 0.0259. The summed E-state index contributed by atoms with van der Waals surface area (Å²) < 4.78 is 5.10. The van der Waals surface area contributed by atoms with Crippen LogP contribution in [0.1, 0.15) is 65.5 Å². The predicted molar refractivity (Wildman–Crippen MR) is 132 cm³/mol. The van der Waals surface area contributed by atoms with Crippen LogP contribution in [0.5, 0.6) is 0 Å². The van der Waals surface area contributed by atoms with E-state index in [0.717, 1.165) is 29.7 Å². The number of esters is 1. The van der Waals surface area contributed by atoms with Gasteiger partial charge < -0.3 is 19.9 Å². The number of benzene rings is 1. The van der Waals surface area contributed by atoms with E-state index in [1.165, 1.54) is 5.56 Å². The molecule has 2 N–H and O–H groups in total. The summed E-state index contributed by atoms with van der Waals surface area (Å²) in [5, 5.41) is 3.06. The van der Waals surface area contributed by atoms with Gasteiger partial charge >= 0.3 is 5.97 Å². The summed E-state index contributed by atoms with van der Waals surface area (Å²) in [5.74, 6) is -0.187. The molecule has 1 aliphatic rings. The highest BCUT2D eigenvalue weighted by Gasteiger charge is 2.27. The van der Waals surface area contributed by atoms with Crippen LogP contribution in [-0.2, 0) is 27.2 Å². The molecule has 0 unspecified atom stereocenters. The van der Waals surface area contributed by atoms with Crippen molar-refractivity contribution >= 4 is 17.8 Å². The number of ether oxygens (including phenoxy) is 1. The molecule has 2 amide bonds. The lowest BCUT2D eigenvalue weighted by molar-refractivity contribution is -0.135. The van der Waals surface area contributed by atoms with Gasteiger partial charge in [-0.2, -0.15) is 0 Å². The number of carbonyl (C=O) groups excluding carboxylic acids is 3. The van der Waals surface area contributed by atoms with E-state index in [1.807, 2.05) is 36.9 Å². The van der Waals surface area contributed by atoms with Crippen LogP contribution in [-0.4, -0.2) is 53.9 Å². The summed E-state index contributed by atoms with van der Waals surface area (Å²) in [4.78, 5) is 42.4. The summed E-state index contributed by atoms with van der Waals surface area (Å²) in [6, 6.07) is 10.3. The van der Waals surface area contributed by atoms with Gasteiger partial charge in [0, 0.05) is 37.7 Å². The molecule has 1 aliphatic heterocycles. The number of nitrogens with zero attached hydrogens (tertiary/aromatic N) is 1. The first kappa shape index (κ1) is 25.5. The Hall–Kier alpha value is -3.09. The summed E-state index contributed by atoms with van der Waals surface area (Å²) in [7, 11) is 0. The number of carbonyl (C=O) groups is 3. The van der Waals surface area contributed by atoms with Crippen LogP contribution in [0.25, 0.3) is 0 Å². The van der Waals surface area contributed by atoms with E-state index in [4.69, 9.17) is 4.74 Å². The first-order valence-corrected chi connectivity index (χ1v) is 12.3. The smallest absolute Gasteiger partial charge is 0.355 e. The number of H-pyrrole nitrogens is 1. The Morgan fingerprint density at radius 3 is 2.47 bits per heavy atom. The van der Waals surface area contributed by atoms with Gasteiger partial charge in [-0.1, -0.05) is 30.3 Å². The largest absolute Gasteiger partial charge is 0.461 e.